The van der Waals surface area contributed by atoms with Gasteiger partial charge < -0.3 is 26.1 Å². The molecule has 0 aliphatic carbocycles. The van der Waals surface area contributed by atoms with Crippen LogP contribution in [-0.2, 0) is 17.6 Å². The molecule has 5 N–H and O–H groups in total. The van der Waals surface area contributed by atoms with Gasteiger partial charge in [0.15, 0.2) is 0 Å². The lowest BCUT2D eigenvalue weighted by Gasteiger charge is -2.31. The number of nitrogens with zero attached hydrogens (tertiary/aromatic N) is 1. The van der Waals surface area contributed by atoms with Crippen molar-refractivity contribution in [2.45, 2.75) is 37.4 Å². The molecular formula is C36H33Cl2N5O3. The minimum atomic E-state index is -0.905. The van der Waals surface area contributed by atoms with Gasteiger partial charge in [-0.3, -0.25) is 9.59 Å². The van der Waals surface area contributed by atoms with Crippen LogP contribution in [0.3, 0.4) is 0 Å². The molecule has 2 amide bonds. The second kappa shape index (κ2) is 14.2. The summed E-state index contributed by atoms with van der Waals surface area (Å²) in [5.74, 6) is -0.563. The molecule has 2 heterocycles. The van der Waals surface area contributed by atoms with Gasteiger partial charge in [-0.2, -0.15) is 0 Å². The van der Waals surface area contributed by atoms with Crippen LogP contribution in [0.1, 0.15) is 51.2 Å². The van der Waals surface area contributed by atoms with Crippen molar-refractivity contribution in [1.82, 2.24) is 20.6 Å². The van der Waals surface area contributed by atoms with E-state index >= 15 is 0 Å². The van der Waals surface area contributed by atoms with Gasteiger partial charge in [0.2, 0.25) is 5.91 Å². The fraction of sp³-hybridized carbons (Fsp3) is 0.194. The lowest BCUT2D eigenvalue weighted by Crippen LogP contribution is -2.46. The molecule has 8 nitrogen and oxygen atoms in total. The lowest BCUT2D eigenvalue weighted by molar-refractivity contribution is -0.119. The molecule has 0 spiro atoms. The Morgan fingerprint density at radius 2 is 1.52 bits per heavy atom. The number of carbonyl (C=O) groups is 2. The fourth-order valence-corrected chi connectivity index (χ4v) is 6.01. The molecule has 234 valence electrons. The average molecular weight is 655 g/mol. The maximum Gasteiger partial charge on any atom is 0.255 e. The zero-order valence-corrected chi connectivity index (χ0v) is 26.4. The van der Waals surface area contributed by atoms with E-state index in [-0.39, 0.29) is 18.5 Å². The standard InChI is InChI=1S/C36H33Cl2N5O3/c37-26-12-6-23(7-13-26)19-32(35(39)44)43-36(45)29-3-1-2-28-30(16-17-46-34(28)29)42-31(33-20-40-21-41-33)18-22-4-8-24(9-5-22)25-10-14-27(38)15-11-25/h1-15,20-21,30-32,42H,16-19H2,(H2,39,44)(H,40,41)(H,43,45)/t30?,31?,32-/m0/s1. The number of imidazole rings is 1. The van der Waals surface area contributed by atoms with Crippen LogP contribution in [0.15, 0.2) is 104 Å². The number of nitrogens with two attached hydrogens (primary N) is 1. The van der Waals surface area contributed by atoms with Crippen LogP contribution < -0.4 is 21.1 Å². The Hall–Kier alpha value is -4.63. The minimum Gasteiger partial charge on any atom is -0.492 e. The molecule has 1 aliphatic heterocycles. The van der Waals surface area contributed by atoms with Crippen LogP contribution >= 0.6 is 23.2 Å². The molecule has 10 heteroatoms. The molecule has 3 atom stereocenters. The molecule has 4 aromatic carbocycles. The molecule has 46 heavy (non-hydrogen) atoms. The molecule has 0 saturated heterocycles. The smallest absolute Gasteiger partial charge is 0.255 e. The SMILES string of the molecule is NC(=O)[C@H](Cc1ccc(Cl)cc1)NC(=O)c1cccc2c1OCCC2NC(Cc1ccc(-c2ccc(Cl)cc2)cc1)c1cnc[nH]1. The molecular weight excluding hydrogens is 621 g/mol. The van der Waals surface area contributed by atoms with Gasteiger partial charge in [-0.25, -0.2) is 4.98 Å². The Labute approximate surface area is 277 Å². The normalized spacial score (nSPS) is 15.3. The highest BCUT2D eigenvalue weighted by molar-refractivity contribution is 6.30. The average Bonchev–Trinajstić information content (AvgIpc) is 3.61. The summed E-state index contributed by atoms with van der Waals surface area (Å²) < 4.78 is 6.07. The Kier molecular flexibility index (Phi) is 9.68. The number of halogens is 2. The summed E-state index contributed by atoms with van der Waals surface area (Å²) in [5.41, 5.74) is 12.0. The first-order valence-electron chi connectivity index (χ1n) is 15.0. The van der Waals surface area contributed by atoms with Gasteiger partial charge in [0.1, 0.15) is 11.8 Å². The topological polar surface area (TPSA) is 122 Å². The number of carbonyl (C=O) groups excluding carboxylic acids is 2. The molecule has 0 bridgehead atoms. The van der Waals surface area contributed by atoms with Crippen molar-refractivity contribution in [2.75, 3.05) is 6.61 Å². The van der Waals surface area contributed by atoms with Crippen molar-refractivity contribution in [3.63, 3.8) is 0 Å². The van der Waals surface area contributed by atoms with Crippen LogP contribution in [0.2, 0.25) is 10.0 Å². The molecule has 1 aromatic heterocycles. The quantitative estimate of drug-likeness (QED) is 0.128. The van der Waals surface area contributed by atoms with E-state index in [1.54, 1.807) is 36.7 Å². The number of hydrogen-bond acceptors (Lipinski definition) is 5. The molecule has 0 fully saturated rings. The van der Waals surface area contributed by atoms with Crippen molar-refractivity contribution in [2.24, 2.45) is 5.73 Å². The van der Waals surface area contributed by atoms with Crippen molar-refractivity contribution in [1.29, 1.82) is 0 Å². The predicted molar refractivity (Wildman–Crippen MR) is 180 cm³/mol. The molecule has 0 saturated carbocycles. The van der Waals surface area contributed by atoms with E-state index in [0.717, 1.165) is 33.5 Å². The first-order valence-corrected chi connectivity index (χ1v) is 15.8. The first kappa shape index (κ1) is 31.4. The number of nitrogens with one attached hydrogen (secondary N) is 3. The highest BCUT2D eigenvalue weighted by Gasteiger charge is 2.30. The number of ether oxygens (including phenoxy) is 1. The van der Waals surface area contributed by atoms with Crippen LogP contribution in [0.5, 0.6) is 5.75 Å². The van der Waals surface area contributed by atoms with Crippen LogP contribution in [0.25, 0.3) is 11.1 Å². The Balaban J connectivity index is 1.20. The number of hydrogen-bond donors (Lipinski definition) is 4. The van der Waals surface area contributed by atoms with E-state index in [4.69, 9.17) is 33.7 Å². The van der Waals surface area contributed by atoms with E-state index < -0.39 is 17.9 Å². The number of aromatic nitrogens is 2. The number of para-hydroxylation sites is 1. The van der Waals surface area contributed by atoms with Crippen molar-refractivity contribution in [3.8, 4) is 16.9 Å². The van der Waals surface area contributed by atoms with Crippen LogP contribution in [0, 0.1) is 0 Å². The van der Waals surface area contributed by atoms with Gasteiger partial charge in [0.05, 0.1) is 30.2 Å². The second-order valence-electron chi connectivity index (χ2n) is 11.3. The van der Waals surface area contributed by atoms with Crippen molar-refractivity contribution < 1.29 is 14.3 Å². The summed E-state index contributed by atoms with van der Waals surface area (Å²) in [4.78, 5) is 33.3. The maximum atomic E-state index is 13.5. The third-order valence-corrected chi connectivity index (χ3v) is 8.69. The molecule has 2 unspecified atom stereocenters. The number of rotatable bonds is 11. The molecule has 1 aliphatic rings. The monoisotopic (exact) mass is 653 g/mol. The van der Waals surface area contributed by atoms with Crippen molar-refractivity contribution in [3.05, 3.63) is 142 Å². The maximum absolute atomic E-state index is 13.5. The van der Waals surface area contributed by atoms with Gasteiger partial charge in [-0.15, -0.1) is 0 Å². The minimum absolute atomic E-state index is 0.0871. The third kappa shape index (κ3) is 7.42. The number of H-pyrrole nitrogens is 1. The summed E-state index contributed by atoms with van der Waals surface area (Å²) in [6.07, 6.45) is 5.16. The molecule has 5 aromatic rings. The number of benzene rings is 4. The van der Waals surface area contributed by atoms with E-state index in [1.165, 1.54) is 0 Å². The third-order valence-electron chi connectivity index (χ3n) is 8.19. The first-order chi connectivity index (χ1) is 22.3. The zero-order chi connectivity index (χ0) is 32.0. The summed E-state index contributed by atoms with van der Waals surface area (Å²) in [7, 11) is 0. The largest absolute Gasteiger partial charge is 0.492 e. The van der Waals surface area contributed by atoms with Crippen LogP contribution in [-0.4, -0.2) is 34.4 Å². The Bertz CT molecular complexity index is 1790. The highest BCUT2D eigenvalue weighted by atomic mass is 35.5. The number of amides is 2. The summed E-state index contributed by atoms with van der Waals surface area (Å²) in [6, 6.07) is 27.8. The zero-order valence-electron chi connectivity index (χ0n) is 24.9. The number of aromatic amines is 1. The predicted octanol–water partition coefficient (Wildman–Crippen LogP) is 6.61. The number of primary amides is 1. The summed E-state index contributed by atoms with van der Waals surface area (Å²) in [6.45, 7) is 0.421. The van der Waals surface area contributed by atoms with Gasteiger partial charge in [0, 0.05) is 40.7 Å². The lowest BCUT2D eigenvalue weighted by atomic mass is 9.94. The summed E-state index contributed by atoms with van der Waals surface area (Å²) >= 11 is 12.1. The Morgan fingerprint density at radius 3 is 2.17 bits per heavy atom. The fourth-order valence-electron chi connectivity index (χ4n) is 5.76. The molecule has 0 radical (unpaired) electrons. The molecule has 6 rings (SSSR count). The van der Waals surface area contributed by atoms with Gasteiger partial charge in [-0.05, 0) is 59.0 Å². The van der Waals surface area contributed by atoms with E-state index in [0.29, 0.717) is 40.8 Å². The van der Waals surface area contributed by atoms with Crippen LogP contribution in [0.4, 0.5) is 0 Å². The van der Waals surface area contributed by atoms with Crippen molar-refractivity contribution >= 4 is 35.0 Å². The number of fused-ring (bicyclic) bond motifs is 1. The van der Waals surface area contributed by atoms with Gasteiger partial charge in [-0.1, -0.05) is 83.9 Å². The van der Waals surface area contributed by atoms with E-state index in [1.807, 2.05) is 42.6 Å². The second-order valence-corrected chi connectivity index (χ2v) is 12.2. The van der Waals surface area contributed by atoms with Gasteiger partial charge >= 0.3 is 0 Å². The summed E-state index contributed by atoms with van der Waals surface area (Å²) in [5, 5.41) is 7.90. The highest BCUT2D eigenvalue weighted by Crippen LogP contribution is 2.37. The van der Waals surface area contributed by atoms with E-state index in [2.05, 4.69) is 44.9 Å². The van der Waals surface area contributed by atoms with E-state index in [9.17, 15) is 9.59 Å². The Morgan fingerprint density at radius 1 is 0.891 bits per heavy atom. The van der Waals surface area contributed by atoms with Gasteiger partial charge in [0.25, 0.3) is 5.91 Å².